The van der Waals surface area contributed by atoms with Gasteiger partial charge in [-0.25, -0.2) is 14.4 Å². The molecule has 0 aliphatic carbocycles. The maximum absolute atomic E-state index is 13.6. The van der Waals surface area contributed by atoms with E-state index >= 15 is 0 Å². The number of aliphatic hydroxyl groups is 1. The van der Waals surface area contributed by atoms with Crippen LogP contribution in [0.3, 0.4) is 0 Å². The number of halogens is 2. The Hall–Kier alpha value is -3.24. The number of rotatable bonds is 3. The zero-order chi connectivity index (χ0) is 21.0. The van der Waals surface area contributed by atoms with E-state index in [-0.39, 0.29) is 22.7 Å². The van der Waals surface area contributed by atoms with Crippen LogP contribution in [-0.2, 0) is 6.42 Å². The highest BCUT2D eigenvalue weighted by atomic mass is 35.5. The van der Waals surface area contributed by atoms with E-state index in [1.807, 2.05) is 0 Å². The van der Waals surface area contributed by atoms with Crippen molar-refractivity contribution in [1.29, 1.82) is 0 Å². The predicted octanol–water partition coefficient (Wildman–Crippen LogP) is 3.17. The van der Waals surface area contributed by atoms with E-state index in [0.717, 1.165) is 5.69 Å². The van der Waals surface area contributed by atoms with Gasteiger partial charge >= 0.3 is 0 Å². The quantitative estimate of drug-likeness (QED) is 0.511. The summed E-state index contributed by atoms with van der Waals surface area (Å²) >= 11 is 6.09. The smallest absolute Gasteiger partial charge is 0.293 e. The molecule has 154 valence electrons. The Morgan fingerprint density at radius 3 is 3.00 bits per heavy atom. The summed E-state index contributed by atoms with van der Waals surface area (Å²) in [6, 6.07) is 3.22. The van der Waals surface area contributed by atoms with Crippen LogP contribution in [0.15, 0.2) is 33.4 Å². The summed E-state index contributed by atoms with van der Waals surface area (Å²) in [6.07, 6.45) is 1.02. The first-order chi connectivity index (χ1) is 14.4. The van der Waals surface area contributed by atoms with Crippen LogP contribution in [0, 0.1) is 5.82 Å². The molecule has 1 aromatic carbocycles. The maximum atomic E-state index is 13.6. The Morgan fingerprint density at radius 2 is 2.23 bits per heavy atom. The van der Waals surface area contributed by atoms with Gasteiger partial charge in [0.2, 0.25) is 17.5 Å². The number of hydrogen-bond donors (Lipinski definition) is 2. The summed E-state index contributed by atoms with van der Waals surface area (Å²) in [5.74, 6) is -1.07. The van der Waals surface area contributed by atoms with Gasteiger partial charge in [-0.2, -0.15) is 4.98 Å². The van der Waals surface area contributed by atoms with E-state index in [2.05, 4.69) is 19.9 Å². The fraction of sp³-hybridized carbons (Fsp3) is 0.263. The summed E-state index contributed by atoms with van der Waals surface area (Å²) in [5.41, 5.74) is 2.11. The van der Waals surface area contributed by atoms with Gasteiger partial charge in [0.15, 0.2) is 16.8 Å². The molecule has 0 spiro atoms. The van der Waals surface area contributed by atoms with Gasteiger partial charge in [-0.3, -0.25) is 4.79 Å². The predicted molar refractivity (Wildman–Crippen MR) is 101 cm³/mol. The van der Waals surface area contributed by atoms with Crippen molar-refractivity contribution in [3.05, 3.63) is 64.4 Å². The summed E-state index contributed by atoms with van der Waals surface area (Å²) < 4.78 is 24.8. The normalized spacial score (nSPS) is 17.3. The molecule has 1 amide bonds. The number of aliphatic hydroxyl groups excluding tert-OH is 1. The molecule has 0 fully saturated rings. The molecule has 5 rings (SSSR count). The maximum Gasteiger partial charge on any atom is 0.293 e. The third kappa shape index (κ3) is 2.96. The minimum Gasteiger partial charge on any atom is -0.438 e. The van der Waals surface area contributed by atoms with E-state index in [1.54, 1.807) is 0 Å². The summed E-state index contributed by atoms with van der Waals surface area (Å²) in [6.45, 7) is 1.75. The summed E-state index contributed by atoms with van der Waals surface area (Å²) in [5, 5.41) is 9.53. The van der Waals surface area contributed by atoms with E-state index in [1.165, 1.54) is 36.4 Å². The van der Waals surface area contributed by atoms with E-state index in [9.17, 15) is 14.3 Å². The van der Waals surface area contributed by atoms with Crippen LogP contribution >= 0.6 is 11.6 Å². The van der Waals surface area contributed by atoms with Gasteiger partial charge in [0.25, 0.3) is 5.91 Å². The molecule has 0 radical (unpaired) electrons. The average Bonchev–Trinajstić information content (AvgIpc) is 3.43. The van der Waals surface area contributed by atoms with Gasteiger partial charge in [-0.1, -0.05) is 11.6 Å². The molecule has 2 N–H and O–H groups in total. The third-order valence-corrected chi connectivity index (χ3v) is 5.20. The average molecular weight is 432 g/mol. The highest BCUT2D eigenvalue weighted by molar-refractivity contribution is 6.32. The first-order valence-electron chi connectivity index (χ1n) is 9.15. The highest BCUT2D eigenvalue weighted by Gasteiger charge is 2.40. The van der Waals surface area contributed by atoms with Crippen LogP contribution in [0.2, 0.25) is 5.15 Å². The molecule has 9 nitrogen and oxygen atoms in total. The number of nitrogens with one attached hydrogen (secondary N) is 1. The zero-order valence-corrected chi connectivity index (χ0v) is 16.4. The molecule has 1 aliphatic rings. The molecule has 0 saturated heterocycles. The highest BCUT2D eigenvalue weighted by Crippen LogP contribution is 2.36. The number of amides is 1. The molecule has 3 aromatic heterocycles. The lowest BCUT2D eigenvalue weighted by Crippen LogP contribution is -2.41. The van der Waals surface area contributed by atoms with Crippen LogP contribution < -0.4 is 0 Å². The number of H-pyrrole nitrogens is 1. The van der Waals surface area contributed by atoms with Gasteiger partial charge in [0, 0.05) is 24.7 Å². The number of carbonyl (C=O) groups is 1. The van der Waals surface area contributed by atoms with Crippen molar-refractivity contribution in [2.45, 2.75) is 25.5 Å². The lowest BCUT2D eigenvalue weighted by atomic mass is 10.0. The second-order valence-corrected chi connectivity index (χ2v) is 7.29. The van der Waals surface area contributed by atoms with Crippen molar-refractivity contribution in [2.75, 3.05) is 6.54 Å². The van der Waals surface area contributed by atoms with Crippen molar-refractivity contribution in [1.82, 2.24) is 24.8 Å². The van der Waals surface area contributed by atoms with Gasteiger partial charge in [0.05, 0.1) is 12.0 Å². The Balaban J connectivity index is 1.60. The molecular weight excluding hydrogens is 417 g/mol. The lowest BCUT2D eigenvalue weighted by molar-refractivity contribution is 0.0626. The van der Waals surface area contributed by atoms with Crippen LogP contribution in [0.4, 0.5) is 4.39 Å². The van der Waals surface area contributed by atoms with Gasteiger partial charge in [-0.15, -0.1) is 0 Å². The van der Waals surface area contributed by atoms with Gasteiger partial charge < -0.3 is 23.8 Å². The SMILES string of the molecule is CC(O)c1nc(Cl)c(C(=O)N2CCc3[nH]cnc3[C@H]2c2nc3cc(F)ccc3o2)o1. The standard InChI is InChI=1S/C19H15ClFN5O4/c1-8(27)17-25-16(20)15(30-17)19(28)26-5-4-10-13(23-7-22-10)14(26)18-24-11-6-9(21)2-3-12(11)29-18/h2-3,6-8,14,27H,4-5H2,1H3,(H,22,23)/t8?,14-/m0/s1. The summed E-state index contributed by atoms with van der Waals surface area (Å²) in [7, 11) is 0. The minimum absolute atomic E-state index is 0.0605. The van der Waals surface area contributed by atoms with Gasteiger partial charge in [0.1, 0.15) is 17.4 Å². The molecule has 2 atom stereocenters. The first kappa shape index (κ1) is 18.8. The number of imidazole rings is 1. The largest absolute Gasteiger partial charge is 0.438 e. The van der Waals surface area contributed by atoms with Crippen LogP contribution in [0.25, 0.3) is 11.1 Å². The fourth-order valence-electron chi connectivity index (χ4n) is 3.54. The zero-order valence-electron chi connectivity index (χ0n) is 15.6. The topological polar surface area (TPSA) is 121 Å². The Labute approximate surface area is 173 Å². The second-order valence-electron chi connectivity index (χ2n) is 6.93. The fourth-order valence-corrected chi connectivity index (χ4v) is 3.74. The number of fused-ring (bicyclic) bond motifs is 2. The molecule has 0 bridgehead atoms. The number of nitrogens with zero attached hydrogens (tertiary/aromatic N) is 4. The van der Waals surface area contributed by atoms with E-state index in [0.29, 0.717) is 29.8 Å². The first-order valence-corrected chi connectivity index (χ1v) is 9.53. The van der Waals surface area contributed by atoms with Crippen molar-refractivity contribution < 1.29 is 23.1 Å². The van der Waals surface area contributed by atoms with Gasteiger partial charge in [-0.05, 0) is 19.1 Å². The molecule has 1 unspecified atom stereocenters. The number of carbonyl (C=O) groups excluding carboxylic acids is 1. The number of oxazole rings is 2. The van der Waals surface area contributed by atoms with Crippen LogP contribution in [0.1, 0.15) is 52.8 Å². The molecule has 1 aliphatic heterocycles. The molecular formula is C19H15ClFN5O4. The van der Waals surface area contributed by atoms with Crippen molar-refractivity contribution >= 4 is 28.6 Å². The van der Waals surface area contributed by atoms with Crippen molar-refractivity contribution in [3.8, 4) is 0 Å². The number of benzene rings is 1. The van der Waals surface area contributed by atoms with Crippen molar-refractivity contribution in [2.24, 2.45) is 0 Å². The van der Waals surface area contributed by atoms with E-state index < -0.39 is 23.9 Å². The number of aromatic nitrogens is 4. The Morgan fingerprint density at radius 1 is 1.40 bits per heavy atom. The molecule has 30 heavy (non-hydrogen) atoms. The minimum atomic E-state index is -1.02. The van der Waals surface area contributed by atoms with Crippen LogP contribution in [0.5, 0.6) is 0 Å². The van der Waals surface area contributed by atoms with E-state index in [4.69, 9.17) is 20.4 Å². The monoisotopic (exact) mass is 431 g/mol. The van der Waals surface area contributed by atoms with Crippen molar-refractivity contribution in [3.63, 3.8) is 0 Å². The molecule has 4 aromatic rings. The summed E-state index contributed by atoms with van der Waals surface area (Å²) in [4.78, 5) is 30.4. The Kier molecular flexibility index (Phi) is 4.33. The Bertz CT molecular complexity index is 1260. The number of aromatic amines is 1. The second kappa shape index (κ2) is 6.92. The molecule has 4 heterocycles. The number of hydrogen-bond acceptors (Lipinski definition) is 7. The lowest BCUT2D eigenvalue weighted by Gasteiger charge is -2.32. The molecule has 11 heteroatoms. The third-order valence-electron chi connectivity index (χ3n) is 4.94. The molecule has 0 saturated carbocycles. The van der Waals surface area contributed by atoms with Crippen LogP contribution in [-0.4, -0.2) is 42.4 Å².